The summed E-state index contributed by atoms with van der Waals surface area (Å²) in [5.74, 6) is 6.84. The summed E-state index contributed by atoms with van der Waals surface area (Å²) in [7, 11) is 0. The van der Waals surface area contributed by atoms with Crippen molar-refractivity contribution in [3.05, 3.63) is 18.0 Å². The van der Waals surface area contributed by atoms with E-state index in [1.165, 1.54) is 0 Å². The second kappa shape index (κ2) is 4.89. The maximum absolute atomic E-state index is 4.11. The number of aryl methyl sites for hydroxylation is 1. The van der Waals surface area contributed by atoms with Gasteiger partial charge in [-0.2, -0.15) is 17.7 Å². The highest BCUT2D eigenvalue weighted by Gasteiger charge is 1.90. The maximum atomic E-state index is 4.11. The summed E-state index contributed by atoms with van der Waals surface area (Å²) in [6.45, 7) is 2.95. The molecule has 0 aliphatic heterocycles. The van der Waals surface area contributed by atoms with E-state index in [1.54, 1.807) is 6.20 Å². The van der Waals surface area contributed by atoms with E-state index in [4.69, 9.17) is 0 Å². The summed E-state index contributed by atoms with van der Waals surface area (Å²) < 4.78 is 1.87. The van der Waals surface area contributed by atoms with Crippen molar-refractivity contribution >= 4 is 12.6 Å². The lowest BCUT2D eigenvalue weighted by atomic mass is 10.3. The third kappa shape index (κ3) is 2.63. The molecule has 0 bridgehead atoms. The normalized spacial score (nSPS) is 9.17. The van der Waals surface area contributed by atoms with Gasteiger partial charge in [-0.15, -0.1) is 0 Å². The number of nitrogens with zero attached hydrogens (tertiary/aromatic N) is 2. The van der Waals surface area contributed by atoms with Crippen LogP contribution < -0.4 is 0 Å². The summed E-state index contributed by atoms with van der Waals surface area (Å²) in [5, 5.41) is 4.11. The SMILES string of the molecule is CCn1cc(C#CCCS)cn1. The Morgan fingerprint density at radius 2 is 2.50 bits per heavy atom. The van der Waals surface area contributed by atoms with Gasteiger partial charge in [-0.3, -0.25) is 4.68 Å². The van der Waals surface area contributed by atoms with Crippen LogP contribution in [0.4, 0.5) is 0 Å². The molecule has 0 aromatic carbocycles. The van der Waals surface area contributed by atoms with Crippen LogP contribution in [0.2, 0.25) is 0 Å². The summed E-state index contributed by atoms with van der Waals surface area (Å²) in [6, 6.07) is 0. The van der Waals surface area contributed by atoms with E-state index in [0.717, 1.165) is 24.3 Å². The van der Waals surface area contributed by atoms with Gasteiger partial charge < -0.3 is 0 Å². The van der Waals surface area contributed by atoms with E-state index in [9.17, 15) is 0 Å². The summed E-state index contributed by atoms with van der Waals surface area (Å²) in [6.07, 6.45) is 4.57. The number of hydrogen-bond acceptors (Lipinski definition) is 2. The van der Waals surface area contributed by atoms with E-state index >= 15 is 0 Å². The van der Waals surface area contributed by atoms with E-state index in [0.29, 0.717) is 0 Å². The van der Waals surface area contributed by atoms with Crippen LogP contribution in [0.3, 0.4) is 0 Å². The van der Waals surface area contributed by atoms with Gasteiger partial charge in [0.05, 0.1) is 11.8 Å². The van der Waals surface area contributed by atoms with E-state index in [1.807, 2.05) is 10.9 Å². The van der Waals surface area contributed by atoms with Crippen molar-refractivity contribution < 1.29 is 0 Å². The zero-order valence-electron chi connectivity index (χ0n) is 7.12. The van der Waals surface area contributed by atoms with Crippen molar-refractivity contribution in [2.45, 2.75) is 19.9 Å². The Bertz CT molecular complexity index is 293. The third-order valence-corrected chi connectivity index (χ3v) is 1.65. The summed E-state index contributed by atoms with van der Waals surface area (Å²) in [5.41, 5.74) is 0.985. The highest BCUT2D eigenvalue weighted by Crippen LogP contribution is 1.94. The predicted molar refractivity (Wildman–Crippen MR) is 53.2 cm³/mol. The highest BCUT2D eigenvalue weighted by molar-refractivity contribution is 7.80. The van der Waals surface area contributed by atoms with Gasteiger partial charge in [0.1, 0.15) is 0 Å². The molecule has 1 aromatic rings. The van der Waals surface area contributed by atoms with Crippen LogP contribution in [0.5, 0.6) is 0 Å². The molecule has 12 heavy (non-hydrogen) atoms. The van der Waals surface area contributed by atoms with Gasteiger partial charge in [0.2, 0.25) is 0 Å². The predicted octanol–water partition coefficient (Wildman–Crippen LogP) is 1.57. The monoisotopic (exact) mass is 180 g/mol. The zero-order chi connectivity index (χ0) is 8.81. The van der Waals surface area contributed by atoms with Crippen molar-refractivity contribution in [1.82, 2.24) is 9.78 Å². The molecule has 3 heteroatoms. The van der Waals surface area contributed by atoms with Crippen molar-refractivity contribution in [2.75, 3.05) is 5.75 Å². The molecule has 0 amide bonds. The van der Waals surface area contributed by atoms with Gasteiger partial charge in [-0.05, 0) is 6.92 Å². The minimum atomic E-state index is 0.814. The maximum Gasteiger partial charge on any atom is 0.0646 e. The van der Waals surface area contributed by atoms with Crippen LogP contribution in [-0.4, -0.2) is 15.5 Å². The van der Waals surface area contributed by atoms with Gasteiger partial charge in [0, 0.05) is 24.9 Å². The van der Waals surface area contributed by atoms with Crippen molar-refractivity contribution in [3.8, 4) is 11.8 Å². The quantitative estimate of drug-likeness (QED) is 0.540. The van der Waals surface area contributed by atoms with E-state index in [2.05, 4.69) is 36.5 Å². The molecule has 0 saturated carbocycles. The van der Waals surface area contributed by atoms with Crippen LogP contribution >= 0.6 is 12.6 Å². The first-order valence-corrected chi connectivity index (χ1v) is 4.62. The Kier molecular flexibility index (Phi) is 3.75. The molecule has 0 spiro atoms. The van der Waals surface area contributed by atoms with Gasteiger partial charge >= 0.3 is 0 Å². The fourth-order valence-corrected chi connectivity index (χ4v) is 0.933. The molecule has 0 atom stereocenters. The fourth-order valence-electron chi connectivity index (χ4n) is 0.822. The second-order valence-electron chi connectivity index (χ2n) is 2.36. The van der Waals surface area contributed by atoms with Gasteiger partial charge in [0.25, 0.3) is 0 Å². The first-order chi connectivity index (χ1) is 5.86. The molecular formula is C9H12N2S. The average molecular weight is 180 g/mol. The Hall–Kier alpha value is -0.880. The van der Waals surface area contributed by atoms with Gasteiger partial charge in [-0.1, -0.05) is 11.8 Å². The fraction of sp³-hybridized carbons (Fsp3) is 0.444. The molecular weight excluding hydrogens is 168 g/mol. The molecule has 1 heterocycles. The number of rotatable bonds is 2. The van der Waals surface area contributed by atoms with E-state index in [-0.39, 0.29) is 0 Å². The molecule has 0 unspecified atom stereocenters. The lowest BCUT2D eigenvalue weighted by molar-refractivity contribution is 0.660. The lowest BCUT2D eigenvalue weighted by Gasteiger charge is -1.88. The standard InChI is InChI=1S/C9H12N2S/c1-2-11-8-9(7-10-11)5-3-4-6-12/h7-8,12H,2,4,6H2,1H3. The Balaban J connectivity index is 2.59. The molecule has 1 aromatic heterocycles. The molecule has 0 aliphatic rings. The molecule has 0 fully saturated rings. The van der Waals surface area contributed by atoms with Crippen LogP contribution in [0, 0.1) is 11.8 Å². The number of aromatic nitrogens is 2. The first-order valence-electron chi connectivity index (χ1n) is 3.99. The summed E-state index contributed by atoms with van der Waals surface area (Å²) >= 11 is 4.07. The molecule has 1 rings (SSSR count). The first kappa shape index (κ1) is 9.21. The minimum absolute atomic E-state index is 0.814. The molecule has 0 aliphatic carbocycles. The Morgan fingerprint density at radius 1 is 1.67 bits per heavy atom. The highest BCUT2D eigenvalue weighted by atomic mass is 32.1. The minimum Gasteiger partial charge on any atom is -0.272 e. The zero-order valence-corrected chi connectivity index (χ0v) is 8.01. The Morgan fingerprint density at radius 3 is 3.08 bits per heavy atom. The molecule has 64 valence electrons. The van der Waals surface area contributed by atoms with Crippen molar-refractivity contribution in [1.29, 1.82) is 0 Å². The lowest BCUT2D eigenvalue weighted by Crippen LogP contribution is -1.91. The number of hydrogen-bond donors (Lipinski definition) is 1. The van der Waals surface area contributed by atoms with Crippen molar-refractivity contribution in [2.24, 2.45) is 0 Å². The largest absolute Gasteiger partial charge is 0.272 e. The van der Waals surface area contributed by atoms with Crippen LogP contribution in [0.1, 0.15) is 18.9 Å². The van der Waals surface area contributed by atoms with Gasteiger partial charge in [-0.25, -0.2) is 0 Å². The van der Waals surface area contributed by atoms with Crippen LogP contribution in [0.15, 0.2) is 12.4 Å². The molecule has 0 saturated heterocycles. The molecule has 0 radical (unpaired) electrons. The Labute approximate surface area is 78.4 Å². The topological polar surface area (TPSA) is 17.8 Å². The van der Waals surface area contributed by atoms with Crippen LogP contribution in [-0.2, 0) is 6.54 Å². The summed E-state index contributed by atoms with van der Waals surface area (Å²) in [4.78, 5) is 0. The average Bonchev–Trinajstić information content (AvgIpc) is 2.53. The second-order valence-corrected chi connectivity index (χ2v) is 2.81. The van der Waals surface area contributed by atoms with E-state index < -0.39 is 0 Å². The van der Waals surface area contributed by atoms with Crippen molar-refractivity contribution in [3.63, 3.8) is 0 Å². The van der Waals surface area contributed by atoms with Crippen LogP contribution in [0.25, 0.3) is 0 Å². The smallest absolute Gasteiger partial charge is 0.0646 e. The molecule has 2 nitrogen and oxygen atoms in total. The number of thiol groups is 1. The third-order valence-electron chi connectivity index (χ3n) is 1.43. The molecule has 0 N–H and O–H groups in total. The van der Waals surface area contributed by atoms with Gasteiger partial charge in [0.15, 0.2) is 0 Å².